The van der Waals surface area contributed by atoms with E-state index < -0.39 is 155 Å². The van der Waals surface area contributed by atoms with Crippen LogP contribution in [0.15, 0.2) is 0 Å². The quantitative estimate of drug-likeness (QED) is 0.0502. The number of ether oxygens (including phenoxy) is 7. The second-order valence-corrected chi connectivity index (χ2v) is 12.4. The molecule has 0 aliphatic carbocycles. The third-order valence-electron chi connectivity index (χ3n) is 8.97. The van der Waals surface area contributed by atoms with Crippen molar-refractivity contribution in [3.05, 3.63) is 0 Å². The second kappa shape index (κ2) is 17.6. The molecule has 0 aromatic heterocycles. The lowest BCUT2D eigenvalue weighted by molar-refractivity contribution is -0.492. The predicted octanol–water partition coefficient (Wildman–Crippen LogP) is -8.94. The van der Waals surface area contributed by atoms with Crippen molar-refractivity contribution in [2.75, 3.05) is 33.5 Å². The number of amides is 1. The predicted molar refractivity (Wildman–Crippen MR) is 153 cm³/mol. The summed E-state index contributed by atoms with van der Waals surface area (Å²) in [6.45, 7) is -2.37. The molecule has 23 nitrogen and oxygen atoms in total. The van der Waals surface area contributed by atoms with Gasteiger partial charge >= 0.3 is 0 Å². The zero-order valence-corrected chi connectivity index (χ0v) is 26.9. The Balaban J connectivity index is 1.62. The Labute approximate surface area is 283 Å². The standard InChI is InChI=1S/C27H47NO22/c1-7(33)28-12-22(49-26-18(39)15(36)13(34)8(3-29)45-26)14(35)9(4-30)44-25(12)48-21-11(6-32)46-27(19(40)23(21)50(2)42)47-20-10(5-31)43-24(41)17(38)16(20)37/h8-27,29-32,34-42H,3-6H2,1-2H3/p+1/t8-,9-,10-,11-,12-,13+,14+,15+,16-,17-,18-,19-,20-,21+,22-,23-,24-,25+,26+,27+/m1/s1. The van der Waals surface area contributed by atoms with Gasteiger partial charge in [-0.2, -0.15) is 0 Å². The van der Waals surface area contributed by atoms with Gasteiger partial charge in [0.1, 0.15) is 79.3 Å². The molecular formula is C27H48NO22+. The van der Waals surface area contributed by atoms with E-state index in [9.17, 15) is 71.3 Å². The molecule has 4 heterocycles. The summed E-state index contributed by atoms with van der Waals surface area (Å²) in [5.74, 6) is -0.749. The van der Waals surface area contributed by atoms with Crippen LogP contribution in [0.2, 0.25) is 0 Å². The molecule has 0 aromatic rings. The first-order chi connectivity index (χ1) is 23.6. The van der Waals surface area contributed by atoms with E-state index in [4.69, 9.17) is 33.2 Å². The number of aliphatic hydroxyl groups excluding tert-OH is 12. The monoisotopic (exact) mass is 738 g/mol. The van der Waals surface area contributed by atoms with Gasteiger partial charge in [0.15, 0.2) is 44.5 Å². The van der Waals surface area contributed by atoms with Crippen LogP contribution in [0.3, 0.4) is 0 Å². The van der Waals surface area contributed by atoms with E-state index in [-0.39, 0.29) is 0 Å². The van der Waals surface area contributed by atoms with Gasteiger partial charge in [0.25, 0.3) is 6.10 Å². The van der Waals surface area contributed by atoms with E-state index in [1.165, 1.54) is 4.52 Å². The van der Waals surface area contributed by atoms with Crippen LogP contribution >= 0.6 is 0 Å². The summed E-state index contributed by atoms with van der Waals surface area (Å²) >= 11 is 0. The highest BCUT2D eigenvalue weighted by Gasteiger charge is 2.59. The van der Waals surface area contributed by atoms with Crippen LogP contribution in [0, 0.1) is 0 Å². The number of nitrogens with one attached hydrogen (secondary N) is 1. The van der Waals surface area contributed by atoms with Gasteiger partial charge in [0.05, 0.1) is 26.4 Å². The summed E-state index contributed by atoms with van der Waals surface area (Å²) in [7, 11) is 0.995. The average Bonchev–Trinajstić information content (AvgIpc) is 3.07. The molecule has 20 atom stereocenters. The maximum Gasteiger partial charge on any atom is 0.254 e. The minimum atomic E-state index is -1.96. The smallest absolute Gasteiger partial charge is 0.254 e. The summed E-state index contributed by atoms with van der Waals surface area (Å²) in [5, 5.41) is 136. The Kier molecular flexibility index (Phi) is 14.6. The largest absolute Gasteiger partial charge is 0.394 e. The number of aliphatic hydroxyl groups is 12. The van der Waals surface area contributed by atoms with Gasteiger partial charge in [-0.05, 0) is 0 Å². The molecule has 14 N–H and O–H groups in total. The highest BCUT2D eigenvalue weighted by Crippen LogP contribution is 2.36. The first kappa shape index (κ1) is 41.4. The zero-order valence-electron chi connectivity index (χ0n) is 26.9. The van der Waals surface area contributed by atoms with E-state index >= 15 is 0 Å². The van der Waals surface area contributed by atoms with Gasteiger partial charge in [-0.3, -0.25) is 4.79 Å². The SMILES string of the molecule is CC(=O)N[C@H]1[C@H](O[C@@H]2[C@H]([O+](C)O)[C@@H](O)[C@H](O[C@H]3[C@H](O)[C@@H](O)[C@H](O)O[C@@H]3CO)O[C@@H]2CO)O[C@H](CO)[C@H](O)[C@@H]1O[C@@H]1O[C@H](CO)[C@H](O)[C@H](O)[C@H]1O. The molecule has 4 fully saturated rings. The number of carbonyl (C=O) groups excluding carboxylic acids is 1. The summed E-state index contributed by atoms with van der Waals surface area (Å²) in [6, 6.07) is -1.58. The van der Waals surface area contributed by atoms with Crippen LogP contribution in [-0.4, -0.2) is 229 Å². The molecule has 0 spiro atoms. The van der Waals surface area contributed by atoms with Crippen molar-refractivity contribution >= 4 is 5.91 Å². The minimum absolute atomic E-state index is 0.749. The minimum Gasteiger partial charge on any atom is -0.394 e. The molecule has 1 amide bonds. The van der Waals surface area contributed by atoms with Gasteiger partial charge in [0.2, 0.25) is 5.91 Å². The van der Waals surface area contributed by atoms with Crippen molar-refractivity contribution in [3.8, 4) is 0 Å². The molecule has 0 saturated carbocycles. The van der Waals surface area contributed by atoms with E-state index in [1.807, 2.05) is 0 Å². The summed E-state index contributed by atoms with van der Waals surface area (Å²) in [5.41, 5.74) is 0. The summed E-state index contributed by atoms with van der Waals surface area (Å²) in [6.07, 6.45) is -33.1. The first-order valence-electron chi connectivity index (χ1n) is 15.7. The van der Waals surface area contributed by atoms with Gasteiger partial charge in [-0.15, -0.1) is 5.26 Å². The Morgan fingerprint density at radius 2 is 1.06 bits per heavy atom. The normalized spacial score (nSPS) is 48.8. The lowest BCUT2D eigenvalue weighted by Crippen LogP contribution is -2.70. The molecule has 4 saturated heterocycles. The zero-order chi connectivity index (χ0) is 37.2. The van der Waals surface area contributed by atoms with Gasteiger partial charge < -0.3 is 99.8 Å². The average molecular weight is 739 g/mol. The van der Waals surface area contributed by atoms with Crippen LogP contribution in [-0.2, 0) is 42.5 Å². The fourth-order valence-electron chi connectivity index (χ4n) is 6.32. The number of hydrogen-bond donors (Lipinski definition) is 14. The van der Waals surface area contributed by atoms with E-state index in [2.05, 4.69) is 5.32 Å². The molecule has 292 valence electrons. The third kappa shape index (κ3) is 8.54. The van der Waals surface area contributed by atoms with Crippen molar-refractivity contribution in [1.82, 2.24) is 5.32 Å². The number of carbonyl (C=O) groups is 1. The fourth-order valence-corrected chi connectivity index (χ4v) is 6.32. The molecule has 4 rings (SSSR count). The molecule has 4 aliphatic rings. The molecule has 50 heavy (non-hydrogen) atoms. The maximum absolute atomic E-state index is 12.4. The number of rotatable bonds is 12. The lowest BCUT2D eigenvalue weighted by atomic mass is 9.94. The van der Waals surface area contributed by atoms with E-state index in [0.717, 1.165) is 14.0 Å². The third-order valence-corrected chi connectivity index (χ3v) is 8.97. The van der Waals surface area contributed by atoms with Crippen LogP contribution in [0.5, 0.6) is 0 Å². The van der Waals surface area contributed by atoms with E-state index in [0.29, 0.717) is 0 Å². The summed E-state index contributed by atoms with van der Waals surface area (Å²) < 4.78 is 40.7. The van der Waals surface area contributed by atoms with Crippen LogP contribution in [0.1, 0.15) is 6.92 Å². The Bertz CT molecular complexity index is 1070. The number of hydrogen-bond acceptors (Lipinski definition) is 21. The topological polar surface area (TPSA) is 359 Å². The van der Waals surface area contributed by atoms with Gasteiger partial charge in [0, 0.05) is 6.92 Å². The summed E-state index contributed by atoms with van der Waals surface area (Å²) in [4.78, 5) is 12.4. The molecule has 0 bridgehead atoms. The maximum atomic E-state index is 12.4. The van der Waals surface area contributed by atoms with Crippen molar-refractivity contribution in [2.24, 2.45) is 0 Å². The Morgan fingerprint density at radius 1 is 0.580 bits per heavy atom. The molecule has 23 heteroatoms. The van der Waals surface area contributed by atoms with Crippen LogP contribution in [0.4, 0.5) is 0 Å². The molecule has 0 unspecified atom stereocenters. The van der Waals surface area contributed by atoms with Crippen molar-refractivity contribution in [3.63, 3.8) is 0 Å². The van der Waals surface area contributed by atoms with Gasteiger partial charge in [-0.1, -0.05) is 0 Å². The Hall–Kier alpha value is -1.37. The van der Waals surface area contributed by atoms with Crippen molar-refractivity contribution in [1.29, 1.82) is 0 Å². The van der Waals surface area contributed by atoms with E-state index in [1.54, 1.807) is 0 Å². The molecule has 0 aromatic carbocycles. The second-order valence-electron chi connectivity index (χ2n) is 12.4. The molecule has 4 aliphatic heterocycles. The van der Waals surface area contributed by atoms with Crippen LogP contribution < -0.4 is 5.32 Å². The highest BCUT2D eigenvalue weighted by molar-refractivity contribution is 5.73. The van der Waals surface area contributed by atoms with Crippen molar-refractivity contribution in [2.45, 2.75) is 130 Å². The molecular weight excluding hydrogens is 690 g/mol. The lowest BCUT2D eigenvalue weighted by Gasteiger charge is -2.49. The fraction of sp³-hybridized carbons (Fsp3) is 0.963. The van der Waals surface area contributed by atoms with Gasteiger partial charge in [-0.25, -0.2) is 4.52 Å². The van der Waals surface area contributed by atoms with Crippen LogP contribution in [0.25, 0.3) is 0 Å². The first-order valence-corrected chi connectivity index (χ1v) is 15.7. The highest BCUT2D eigenvalue weighted by atomic mass is 17.2. The molecule has 0 radical (unpaired) electrons. The van der Waals surface area contributed by atoms with Crippen molar-refractivity contribution < 1.29 is 109 Å². The Morgan fingerprint density at radius 3 is 1.62 bits per heavy atom.